The maximum Gasteiger partial charge on any atom is 0.358 e. The highest BCUT2D eigenvalue weighted by Gasteiger charge is 2.29. The van der Waals surface area contributed by atoms with E-state index in [4.69, 9.17) is 9.73 Å². The molecule has 4 rings (SSSR count). The van der Waals surface area contributed by atoms with Crippen LogP contribution in [-0.2, 0) is 4.74 Å². The van der Waals surface area contributed by atoms with Crippen molar-refractivity contribution in [2.24, 2.45) is 4.99 Å². The van der Waals surface area contributed by atoms with E-state index in [1.807, 2.05) is 29.7 Å². The van der Waals surface area contributed by atoms with Gasteiger partial charge in [-0.25, -0.2) is 14.2 Å². The van der Waals surface area contributed by atoms with Crippen LogP contribution >= 0.6 is 15.9 Å². The Balaban J connectivity index is 2.00. The van der Waals surface area contributed by atoms with Gasteiger partial charge in [-0.1, -0.05) is 28.1 Å². The number of aromatic nitrogens is 2. The molecule has 3 aromatic rings. The summed E-state index contributed by atoms with van der Waals surface area (Å²) >= 11 is 3.49. The maximum atomic E-state index is 14.6. The molecule has 0 fully saturated rings. The first-order chi connectivity index (χ1) is 13.5. The number of esters is 1. The lowest BCUT2D eigenvalue weighted by Crippen LogP contribution is -2.11. The number of aliphatic imine (C=N–C) groups is 1. The molecule has 0 unspecified atom stereocenters. The van der Waals surface area contributed by atoms with Crippen LogP contribution in [0.25, 0.3) is 5.69 Å². The number of fused-ring (bicyclic) bond motifs is 3. The van der Waals surface area contributed by atoms with Gasteiger partial charge in [0.05, 0.1) is 29.7 Å². The van der Waals surface area contributed by atoms with Gasteiger partial charge in [-0.2, -0.15) is 0 Å². The van der Waals surface area contributed by atoms with Crippen LogP contribution in [-0.4, -0.2) is 27.8 Å². The number of halogens is 2. The third kappa shape index (κ3) is 3.05. The Morgan fingerprint density at radius 2 is 2.04 bits per heavy atom. The van der Waals surface area contributed by atoms with Crippen molar-refractivity contribution in [3.8, 4) is 5.69 Å². The van der Waals surface area contributed by atoms with Gasteiger partial charge < -0.3 is 4.74 Å². The van der Waals surface area contributed by atoms with Crippen molar-refractivity contribution >= 4 is 27.6 Å². The first-order valence-corrected chi connectivity index (χ1v) is 9.68. The first kappa shape index (κ1) is 18.6. The van der Waals surface area contributed by atoms with Gasteiger partial charge >= 0.3 is 5.97 Å². The van der Waals surface area contributed by atoms with Crippen LogP contribution in [0.4, 0.5) is 4.39 Å². The fraction of sp³-hybridized carbons (Fsp3) is 0.190. The van der Waals surface area contributed by atoms with Gasteiger partial charge in [-0.15, -0.1) is 0 Å². The molecule has 0 aliphatic carbocycles. The summed E-state index contributed by atoms with van der Waals surface area (Å²) in [6.45, 7) is 3.86. The number of ether oxygens (including phenoxy) is 1. The van der Waals surface area contributed by atoms with Gasteiger partial charge in [0.25, 0.3) is 0 Å². The summed E-state index contributed by atoms with van der Waals surface area (Å²) in [6, 6.07) is 11.8. The predicted octanol–water partition coefficient (Wildman–Crippen LogP) is 4.86. The first-order valence-electron chi connectivity index (χ1n) is 8.88. The van der Waals surface area contributed by atoms with Crippen LogP contribution in [0.2, 0.25) is 0 Å². The van der Waals surface area contributed by atoms with Crippen molar-refractivity contribution in [2.75, 3.05) is 6.61 Å². The average Bonchev–Trinajstić information content (AvgIpc) is 3.07. The average molecular weight is 442 g/mol. The summed E-state index contributed by atoms with van der Waals surface area (Å²) in [5.41, 5.74) is 3.30. The number of hydrogen-bond acceptors (Lipinski definition) is 4. The quantitative estimate of drug-likeness (QED) is 0.545. The highest BCUT2D eigenvalue weighted by Crippen LogP contribution is 2.34. The molecular formula is C21H17BrFN3O2. The third-order valence-electron chi connectivity index (χ3n) is 4.59. The monoisotopic (exact) mass is 441 g/mol. The van der Waals surface area contributed by atoms with E-state index < -0.39 is 12.0 Å². The number of imidazole rings is 1. The van der Waals surface area contributed by atoms with Gasteiger partial charge in [-0.3, -0.25) is 9.56 Å². The molecule has 0 spiro atoms. The molecular weight excluding hydrogens is 425 g/mol. The maximum absolute atomic E-state index is 14.6. The molecule has 28 heavy (non-hydrogen) atoms. The second kappa shape index (κ2) is 7.31. The normalized spacial score (nSPS) is 15.3. The molecule has 0 radical (unpaired) electrons. The van der Waals surface area contributed by atoms with E-state index >= 15 is 0 Å². The highest BCUT2D eigenvalue weighted by atomic mass is 79.9. The molecule has 0 saturated carbocycles. The molecule has 1 aliphatic heterocycles. The molecule has 1 atom stereocenters. The minimum Gasteiger partial charge on any atom is -0.461 e. The zero-order chi connectivity index (χ0) is 19.8. The van der Waals surface area contributed by atoms with Gasteiger partial charge in [0.15, 0.2) is 5.69 Å². The lowest BCUT2D eigenvalue weighted by atomic mass is 10.00. The van der Waals surface area contributed by atoms with Crippen molar-refractivity contribution in [3.05, 3.63) is 81.6 Å². The Morgan fingerprint density at radius 3 is 2.79 bits per heavy atom. The molecule has 7 heteroatoms. The molecule has 0 N–H and O–H groups in total. The number of carbonyl (C=O) groups is 1. The molecule has 2 aromatic carbocycles. The van der Waals surface area contributed by atoms with Gasteiger partial charge in [0.2, 0.25) is 0 Å². The minimum atomic E-state index is -0.494. The van der Waals surface area contributed by atoms with E-state index in [2.05, 4.69) is 20.9 Å². The summed E-state index contributed by atoms with van der Waals surface area (Å²) in [6.07, 6.45) is 1.59. The zero-order valence-corrected chi connectivity index (χ0v) is 16.9. The molecule has 5 nitrogen and oxygen atoms in total. The van der Waals surface area contributed by atoms with E-state index in [1.165, 1.54) is 6.07 Å². The standard InChI is InChI=1S/C21H17BrFN3O2/c1-3-28-21(27)19-20-12(2)25-18(14-6-4-5-7-16(14)23)15-10-13(22)8-9-17(15)26(20)11-24-19/h4-12H,3H2,1-2H3/t12-/m1/s1. The fourth-order valence-electron chi connectivity index (χ4n) is 3.41. The van der Waals surface area contributed by atoms with Gasteiger partial charge in [-0.05, 0) is 44.2 Å². The van der Waals surface area contributed by atoms with Crippen LogP contribution in [0.1, 0.15) is 47.2 Å². The van der Waals surface area contributed by atoms with E-state index in [-0.39, 0.29) is 18.1 Å². The van der Waals surface area contributed by atoms with E-state index in [9.17, 15) is 9.18 Å². The molecule has 0 saturated heterocycles. The molecule has 1 aromatic heterocycles. The van der Waals surface area contributed by atoms with Crippen LogP contribution in [0.15, 0.2) is 58.3 Å². The van der Waals surface area contributed by atoms with Crippen molar-refractivity contribution in [1.82, 2.24) is 9.55 Å². The second-order valence-corrected chi connectivity index (χ2v) is 7.28. The zero-order valence-electron chi connectivity index (χ0n) is 15.3. The number of benzene rings is 2. The molecule has 1 aliphatic rings. The van der Waals surface area contributed by atoms with Crippen LogP contribution in [0, 0.1) is 5.82 Å². The second-order valence-electron chi connectivity index (χ2n) is 6.36. The largest absolute Gasteiger partial charge is 0.461 e. The van der Waals surface area contributed by atoms with Crippen molar-refractivity contribution < 1.29 is 13.9 Å². The number of rotatable bonds is 3. The summed E-state index contributed by atoms with van der Waals surface area (Å²) in [7, 11) is 0. The van der Waals surface area contributed by atoms with Gasteiger partial charge in [0.1, 0.15) is 12.1 Å². The fourth-order valence-corrected chi connectivity index (χ4v) is 3.77. The Morgan fingerprint density at radius 1 is 1.25 bits per heavy atom. The number of hydrogen-bond donors (Lipinski definition) is 0. The summed E-state index contributed by atoms with van der Waals surface area (Å²) < 4.78 is 22.4. The lowest BCUT2D eigenvalue weighted by Gasteiger charge is -2.12. The smallest absolute Gasteiger partial charge is 0.358 e. The van der Waals surface area contributed by atoms with Crippen molar-refractivity contribution in [1.29, 1.82) is 0 Å². The Labute approximate surface area is 170 Å². The Bertz CT molecular complexity index is 1110. The highest BCUT2D eigenvalue weighted by molar-refractivity contribution is 9.10. The van der Waals surface area contributed by atoms with Crippen LogP contribution in [0.3, 0.4) is 0 Å². The topological polar surface area (TPSA) is 56.5 Å². The SMILES string of the molecule is CCOC(=O)c1ncn2c1[C@@H](C)N=C(c1ccccc1F)c1cc(Br)ccc1-2. The molecule has 2 heterocycles. The lowest BCUT2D eigenvalue weighted by molar-refractivity contribution is 0.0518. The van der Waals surface area contributed by atoms with Gasteiger partial charge in [0, 0.05) is 15.6 Å². The van der Waals surface area contributed by atoms with E-state index in [1.54, 1.807) is 31.5 Å². The Hall–Kier alpha value is -2.80. The molecule has 0 bridgehead atoms. The molecule has 0 amide bonds. The predicted molar refractivity (Wildman–Crippen MR) is 108 cm³/mol. The number of nitrogens with zero attached hydrogens (tertiary/aromatic N) is 3. The molecule has 142 valence electrons. The van der Waals surface area contributed by atoms with Crippen molar-refractivity contribution in [2.45, 2.75) is 19.9 Å². The minimum absolute atomic E-state index is 0.224. The summed E-state index contributed by atoms with van der Waals surface area (Å²) in [5, 5.41) is 0. The van der Waals surface area contributed by atoms with Crippen LogP contribution < -0.4 is 0 Å². The summed E-state index contributed by atoms with van der Waals surface area (Å²) in [5.74, 6) is -0.846. The third-order valence-corrected chi connectivity index (χ3v) is 5.09. The van der Waals surface area contributed by atoms with E-state index in [0.29, 0.717) is 17.0 Å². The van der Waals surface area contributed by atoms with E-state index in [0.717, 1.165) is 15.7 Å². The number of carbonyl (C=O) groups excluding carboxylic acids is 1. The van der Waals surface area contributed by atoms with Crippen LogP contribution in [0.5, 0.6) is 0 Å². The van der Waals surface area contributed by atoms with Crippen molar-refractivity contribution in [3.63, 3.8) is 0 Å². The Kier molecular flexibility index (Phi) is 4.85. The summed E-state index contributed by atoms with van der Waals surface area (Å²) in [4.78, 5) is 21.5.